The van der Waals surface area contributed by atoms with Gasteiger partial charge in [0.05, 0.1) is 12.7 Å². The first kappa shape index (κ1) is 14.0. The molecule has 5 nitrogen and oxygen atoms in total. The first-order valence-corrected chi connectivity index (χ1v) is 7.02. The van der Waals surface area contributed by atoms with Crippen LogP contribution in [0.15, 0.2) is 0 Å². The molecule has 1 aliphatic rings. The van der Waals surface area contributed by atoms with E-state index in [9.17, 15) is 9.59 Å². The number of carbonyl (C=O) groups is 2. The average Bonchev–Trinajstić information content (AvgIpc) is 2.74. The van der Waals surface area contributed by atoms with Crippen molar-refractivity contribution < 1.29 is 19.4 Å². The largest absolute Gasteiger partial charge is 0.465 e. The maximum atomic E-state index is 11.9. The number of nitrogens with one attached hydrogen (secondary N) is 1. The van der Waals surface area contributed by atoms with E-state index in [0.717, 1.165) is 29.7 Å². The summed E-state index contributed by atoms with van der Waals surface area (Å²) in [4.78, 5) is 24.3. The van der Waals surface area contributed by atoms with E-state index in [4.69, 9.17) is 9.84 Å². The second-order valence-electron chi connectivity index (χ2n) is 4.75. The smallest absolute Gasteiger partial charge is 0.341 e. The number of anilines is 1. The highest BCUT2D eigenvalue weighted by molar-refractivity contribution is 7.17. The van der Waals surface area contributed by atoms with Gasteiger partial charge in [0.2, 0.25) is 0 Å². The zero-order chi connectivity index (χ0) is 14.0. The van der Waals surface area contributed by atoms with Crippen LogP contribution < -0.4 is 5.32 Å². The summed E-state index contributed by atoms with van der Waals surface area (Å²) < 4.78 is 4.80. The fourth-order valence-electron chi connectivity index (χ4n) is 2.32. The highest BCUT2D eigenvalue weighted by atomic mass is 32.1. The van der Waals surface area contributed by atoms with Crippen LogP contribution in [0.25, 0.3) is 0 Å². The minimum Gasteiger partial charge on any atom is -0.465 e. The van der Waals surface area contributed by atoms with Crippen LogP contribution in [0.2, 0.25) is 0 Å². The molecule has 19 heavy (non-hydrogen) atoms. The number of carbonyl (C=O) groups excluding carboxylic acids is 2. The number of methoxy groups -OCH3 is 1. The lowest BCUT2D eigenvalue weighted by Gasteiger charge is -2.18. The molecule has 1 heterocycles. The lowest BCUT2D eigenvalue weighted by atomic mass is 9.88. The number of fused-ring (bicyclic) bond motifs is 1. The van der Waals surface area contributed by atoms with Gasteiger partial charge in [0, 0.05) is 4.88 Å². The molecule has 1 aliphatic carbocycles. The second kappa shape index (κ2) is 5.71. The topological polar surface area (TPSA) is 75.6 Å². The lowest BCUT2D eigenvalue weighted by molar-refractivity contribution is -0.118. The van der Waals surface area contributed by atoms with Crippen molar-refractivity contribution in [3.05, 3.63) is 16.0 Å². The molecule has 1 aromatic heterocycles. The Morgan fingerprint density at radius 2 is 2.26 bits per heavy atom. The van der Waals surface area contributed by atoms with Gasteiger partial charge in [-0.25, -0.2) is 4.79 Å². The molecular weight excluding hydrogens is 266 g/mol. The van der Waals surface area contributed by atoms with Gasteiger partial charge in [-0.05, 0) is 30.7 Å². The van der Waals surface area contributed by atoms with Crippen LogP contribution >= 0.6 is 11.3 Å². The number of thiophene rings is 1. The monoisotopic (exact) mass is 283 g/mol. The minimum absolute atomic E-state index is 0.430. The third-order valence-corrected chi connectivity index (χ3v) is 4.47. The molecule has 2 rings (SSSR count). The average molecular weight is 283 g/mol. The predicted molar refractivity (Wildman–Crippen MR) is 72.6 cm³/mol. The van der Waals surface area contributed by atoms with Gasteiger partial charge in [-0.3, -0.25) is 4.79 Å². The van der Waals surface area contributed by atoms with E-state index < -0.39 is 18.5 Å². The summed E-state index contributed by atoms with van der Waals surface area (Å²) in [6.45, 7) is 1.58. The van der Waals surface area contributed by atoms with Crippen molar-refractivity contribution in [2.75, 3.05) is 19.0 Å². The van der Waals surface area contributed by atoms with Gasteiger partial charge in [-0.1, -0.05) is 6.92 Å². The molecule has 1 aromatic rings. The molecule has 0 spiro atoms. The zero-order valence-electron chi connectivity index (χ0n) is 11.0. The maximum absolute atomic E-state index is 11.9. The molecule has 104 valence electrons. The quantitative estimate of drug-likeness (QED) is 0.826. The molecule has 0 saturated carbocycles. The van der Waals surface area contributed by atoms with Crippen LogP contribution in [-0.4, -0.2) is 30.7 Å². The van der Waals surface area contributed by atoms with Crippen molar-refractivity contribution in [3.63, 3.8) is 0 Å². The van der Waals surface area contributed by atoms with Gasteiger partial charge in [-0.15, -0.1) is 11.3 Å². The van der Waals surface area contributed by atoms with E-state index in [1.807, 2.05) is 0 Å². The Kier molecular flexibility index (Phi) is 4.21. The number of esters is 1. The molecule has 1 atom stereocenters. The van der Waals surface area contributed by atoms with Crippen LogP contribution in [0, 0.1) is 5.92 Å². The standard InChI is InChI=1S/C13H17NO4S/c1-7-3-4-8-9(5-7)19-12(14-10(16)6-15)11(8)13(17)18-2/h7,15H,3-6H2,1-2H3,(H,14,16). The van der Waals surface area contributed by atoms with Gasteiger partial charge in [0.25, 0.3) is 5.91 Å². The van der Waals surface area contributed by atoms with Gasteiger partial charge in [0.1, 0.15) is 11.6 Å². The molecule has 0 aromatic carbocycles. The summed E-state index contributed by atoms with van der Waals surface area (Å²) in [6.07, 6.45) is 2.77. The number of amides is 1. The Morgan fingerprint density at radius 1 is 1.53 bits per heavy atom. The fourth-order valence-corrected chi connectivity index (χ4v) is 3.74. The minimum atomic E-state index is -0.598. The van der Waals surface area contributed by atoms with Gasteiger partial charge >= 0.3 is 5.97 Å². The summed E-state index contributed by atoms with van der Waals surface area (Å²) in [5, 5.41) is 11.9. The highest BCUT2D eigenvalue weighted by Gasteiger charge is 2.28. The van der Waals surface area contributed by atoms with Crippen molar-refractivity contribution in [2.24, 2.45) is 5.92 Å². The van der Waals surface area contributed by atoms with Crippen molar-refractivity contribution in [3.8, 4) is 0 Å². The molecule has 1 amide bonds. The first-order valence-electron chi connectivity index (χ1n) is 6.20. The third-order valence-electron chi connectivity index (χ3n) is 3.30. The van der Waals surface area contributed by atoms with Crippen molar-refractivity contribution in [1.29, 1.82) is 0 Å². The summed E-state index contributed by atoms with van der Waals surface area (Å²) in [5.74, 6) is -0.366. The second-order valence-corrected chi connectivity index (χ2v) is 5.86. The molecule has 6 heteroatoms. The summed E-state index contributed by atoms with van der Waals surface area (Å²) in [5.41, 5.74) is 1.44. The normalized spacial score (nSPS) is 17.7. The van der Waals surface area contributed by atoms with E-state index in [1.165, 1.54) is 18.4 Å². The molecule has 0 fully saturated rings. The van der Waals surface area contributed by atoms with Crippen LogP contribution in [0.1, 0.15) is 34.1 Å². The van der Waals surface area contributed by atoms with Crippen LogP contribution in [-0.2, 0) is 22.4 Å². The summed E-state index contributed by atoms with van der Waals surface area (Å²) in [7, 11) is 1.33. The van der Waals surface area contributed by atoms with Crippen LogP contribution in [0.5, 0.6) is 0 Å². The van der Waals surface area contributed by atoms with Gasteiger partial charge in [-0.2, -0.15) is 0 Å². The Balaban J connectivity index is 2.41. The number of ether oxygens (including phenoxy) is 1. The van der Waals surface area contributed by atoms with Crippen molar-refractivity contribution in [1.82, 2.24) is 0 Å². The molecule has 0 aliphatic heterocycles. The third kappa shape index (κ3) is 2.79. The fraction of sp³-hybridized carbons (Fsp3) is 0.538. The predicted octanol–water partition coefficient (Wildman–Crippen LogP) is 1.59. The SMILES string of the molecule is COC(=O)c1c(NC(=O)CO)sc2c1CCC(C)C2. The molecule has 0 radical (unpaired) electrons. The van der Waals surface area contributed by atoms with Crippen molar-refractivity contribution in [2.45, 2.75) is 26.2 Å². The highest BCUT2D eigenvalue weighted by Crippen LogP contribution is 2.39. The summed E-state index contributed by atoms with van der Waals surface area (Å²) >= 11 is 1.41. The van der Waals surface area contributed by atoms with E-state index >= 15 is 0 Å². The van der Waals surface area contributed by atoms with Crippen LogP contribution in [0.4, 0.5) is 5.00 Å². The number of aliphatic hydroxyl groups excluding tert-OH is 1. The molecule has 2 N–H and O–H groups in total. The van der Waals surface area contributed by atoms with Gasteiger partial charge in [0.15, 0.2) is 0 Å². The molecule has 0 bridgehead atoms. The zero-order valence-corrected chi connectivity index (χ0v) is 11.8. The molecule has 1 unspecified atom stereocenters. The number of hydrogen-bond donors (Lipinski definition) is 2. The molecular formula is C13H17NO4S. The van der Waals surface area contributed by atoms with E-state index in [1.54, 1.807) is 0 Å². The first-order chi connectivity index (χ1) is 9.06. The van der Waals surface area contributed by atoms with E-state index in [-0.39, 0.29) is 0 Å². The van der Waals surface area contributed by atoms with Crippen LogP contribution in [0.3, 0.4) is 0 Å². The number of aliphatic hydroxyl groups is 1. The van der Waals surface area contributed by atoms with Gasteiger partial charge < -0.3 is 15.2 Å². The van der Waals surface area contributed by atoms with E-state index in [2.05, 4.69) is 12.2 Å². The van der Waals surface area contributed by atoms with Crippen molar-refractivity contribution >= 4 is 28.2 Å². The Hall–Kier alpha value is -1.40. The number of hydrogen-bond acceptors (Lipinski definition) is 5. The Morgan fingerprint density at radius 3 is 2.89 bits per heavy atom. The maximum Gasteiger partial charge on any atom is 0.341 e. The Bertz CT molecular complexity index is 509. The summed E-state index contributed by atoms with van der Waals surface area (Å²) in [6, 6.07) is 0. The van der Waals surface area contributed by atoms with E-state index in [0.29, 0.717) is 16.5 Å². The Labute approximate surface area is 115 Å². The lowest BCUT2D eigenvalue weighted by Crippen LogP contribution is -2.17. The number of rotatable bonds is 3. The molecule has 0 saturated heterocycles.